The Kier molecular flexibility index (Phi) is 15.2. The molecule has 0 unspecified atom stereocenters. The third-order valence-electron chi connectivity index (χ3n) is 24.6. The third kappa shape index (κ3) is 10.5. The molecule has 0 bridgehead atoms. The zero-order chi connectivity index (χ0) is 76.7. The van der Waals surface area contributed by atoms with Gasteiger partial charge in [-0.15, -0.1) is 0 Å². The molecule has 3 heterocycles. The molecule has 0 spiro atoms. The van der Waals surface area contributed by atoms with Crippen molar-refractivity contribution in [1.29, 1.82) is 0 Å². The van der Waals surface area contributed by atoms with Gasteiger partial charge in [-0.05, 0) is 208 Å². The minimum atomic E-state index is -0.0780. The predicted octanol–water partition coefficient (Wildman–Crippen LogP) is 29.1. The van der Waals surface area contributed by atoms with Crippen LogP contribution < -0.4 is 4.90 Å². The molecule has 3 aliphatic carbocycles. The second kappa shape index (κ2) is 26.5. The first kappa shape index (κ1) is 66.7. The summed E-state index contributed by atoms with van der Waals surface area (Å²) in [5, 5.41) is 10.4. The topological polar surface area (TPSA) is 51.8 Å². The molecule has 0 fully saturated rings. The van der Waals surface area contributed by atoms with E-state index in [9.17, 15) is 0 Å². The fraction of sp³-hybridized carbons (Fsp3) is 0.0273. The average Bonchev–Trinajstić information content (AvgIpc) is 1.54. The minimum Gasteiger partial charge on any atom is -0.310 e. The highest BCUT2D eigenvalue weighted by atomic mass is 15.1. The van der Waals surface area contributed by atoms with Crippen molar-refractivity contribution in [2.24, 2.45) is 0 Å². The lowest BCUT2D eigenvalue weighted by Gasteiger charge is -2.28. The quantitative estimate of drug-likeness (QED) is 0.129. The van der Waals surface area contributed by atoms with E-state index >= 15 is 0 Å². The number of aromatic nitrogens is 5. The summed E-state index contributed by atoms with van der Waals surface area (Å²) in [6.45, 7) is 4.70. The molecule has 0 aliphatic heterocycles. The zero-order valence-corrected chi connectivity index (χ0v) is 63.8. The Balaban J connectivity index is 0.000000139. The molecule has 3 aromatic heterocycles. The van der Waals surface area contributed by atoms with Crippen molar-refractivity contribution in [2.75, 3.05) is 4.90 Å². The van der Waals surface area contributed by atoms with Crippen LogP contribution in [0.4, 0.5) is 17.1 Å². The number of hydrogen-bond donors (Lipinski definition) is 0. The fourth-order valence-corrected chi connectivity index (χ4v) is 19.2. The Labute approximate surface area is 672 Å². The standard InChI is InChI=1S/C61H42N2.C49H30N4/c1-61(2)54-22-12-11-20-49(54)50-33-32-45(38-55(50)61)62(42-16-7-4-8-17-42)43-28-24-39(25-29-43)40-26-30-44(31-27-40)63-56-23-13-21-51-47-18-9-10-19-48(47)53-35-34-46(41-14-5-3-6-15-41)52-36-37-57(63)60(58(52)53)59(51)56;1-4-13-31(14-5-1)36-27-28-41-38-20-11-10-19-37(38)39-21-12-22-42-45(39)46-43(30-29-40(36)44(41)46)53(42)35-25-23-34(24-26-35)49-51-47(32-15-6-2-7-16-32)50-48(52-49)33-17-8-3-9-18-33/h3-38H,1-2H3;1-30H. The van der Waals surface area contributed by atoms with Crippen molar-refractivity contribution in [3.63, 3.8) is 0 Å². The Morgan fingerprint density at radius 1 is 0.207 bits per heavy atom. The smallest absolute Gasteiger partial charge is 0.164 e. The maximum Gasteiger partial charge on any atom is 0.164 e. The van der Waals surface area contributed by atoms with Gasteiger partial charge in [0, 0.05) is 82.9 Å². The molecule has 0 atom stereocenters. The molecule has 6 nitrogen and oxygen atoms in total. The molecule has 0 N–H and O–H groups in total. The van der Waals surface area contributed by atoms with Crippen LogP contribution in [0.3, 0.4) is 0 Å². The SMILES string of the molecule is CC1(C)c2ccccc2-c2ccc(N(c3ccccc3)c3ccc(-c4ccc(-n5c6cccc7c6c6c8c(ccc(-c9ccccc9)c8ccc65)-c5ccccc5-7)cc4)cc3)cc21.c1ccc(-c2nc(-c3ccccc3)nc(-c3ccc(-n4c5cccc6c5c5c7c(ccc(-c8ccccc8)c7ccc54)-c4ccccc4-6)cc3)n2)cc1. The van der Waals surface area contributed by atoms with Gasteiger partial charge in [-0.2, -0.15) is 0 Å². The maximum absolute atomic E-state index is 4.98. The van der Waals surface area contributed by atoms with Gasteiger partial charge < -0.3 is 14.0 Å². The predicted molar refractivity (Wildman–Crippen MR) is 484 cm³/mol. The van der Waals surface area contributed by atoms with Crippen LogP contribution >= 0.6 is 0 Å². The van der Waals surface area contributed by atoms with E-state index in [0.29, 0.717) is 17.5 Å². The van der Waals surface area contributed by atoms with Crippen LogP contribution in [0, 0.1) is 0 Å². The summed E-state index contributed by atoms with van der Waals surface area (Å²) in [6, 6.07) is 145. The monoisotopic (exact) mass is 1480 g/mol. The highest BCUT2D eigenvalue weighted by molar-refractivity contribution is 6.33. The lowest BCUT2D eigenvalue weighted by atomic mass is 9.82. The van der Waals surface area contributed by atoms with E-state index in [1.165, 1.54) is 165 Å². The van der Waals surface area contributed by atoms with E-state index in [4.69, 9.17) is 15.0 Å². The molecule has 24 rings (SSSR count). The van der Waals surface area contributed by atoms with E-state index in [1.807, 2.05) is 60.7 Å². The van der Waals surface area contributed by atoms with Crippen LogP contribution in [0.2, 0.25) is 0 Å². The molecule has 6 heteroatoms. The molecule has 542 valence electrons. The van der Waals surface area contributed by atoms with Crippen molar-refractivity contribution in [2.45, 2.75) is 19.3 Å². The van der Waals surface area contributed by atoms with Crippen LogP contribution in [-0.2, 0) is 5.41 Å². The molecular weight excluding hydrogens is 1410 g/mol. The van der Waals surface area contributed by atoms with Gasteiger partial charge in [0.05, 0.1) is 22.1 Å². The largest absolute Gasteiger partial charge is 0.310 e. The highest BCUT2D eigenvalue weighted by Crippen LogP contribution is 2.55. The first-order valence-electron chi connectivity index (χ1n) is 40.0. The molecule has 0 amide bonds. The fourth-order valence-electron chi connectivity index (χ4n) is 19.2. The number of benzene rings is 18. The highest BCUT2D eigenvalue weighted by Gasteiger charge is 2.36. The normalized spacial score (nSPS) is 12.5. The van der Waals surface area contributed by atoms with Gasteiger partial charge in [0.1, 0.15) is 0 Å². The minimum absolute atomic E-state index is 0.0780. The van der Waals surface area contributed by atoms with E-state index in [0.717, 1.165) is 45.1 Å². The summed E-state index contributed by atoms with van der Waals surface area (Å²) >= 11 is 0. The number of anilines is 3. The second-order valence-electron chi connectivity index (χ2n) is 31.2. The molecule has 0 saturated heterocycles. The van der Waals surface area contributed by atoms with Gasteiger partial charge in [0.15, 0.2) is 17.5 Å². The van der Waals surface area contributed by atoms with Gasteiger partial charge in [-0.3, -0.25) is 0 Å². The van der Waals surface area contributed by atoms with Crippen LogP contribution in [0.1, 0.15) is 25.0 Å². The summed E-state index contributed by atoms with van der Waals surface area (Å²) in [6.07, 6.45) is 0. The Hall–Kier alpha value is -15.1. The molecule has 3 aliphatic rings. The number of para-hydroxylation sites is 1. The first-order valence-corrected chi connectivity index (χ1v) is 40.0. The van der Waals surface area contributed by atoms with Crippen molar-refractivity contribution in [3.05, 3.63) is 412 Å². The maximum atomic E-state index is 4.98. The lowest BCUT2D eigenvalue weighted by Crippen LogP contribution is -2.16. The summed E-state index contributed by atoms with van der Waals surface area (Å²) in [5.41, 5.74) is 36.2. The molecule has 18 aromatic carbocycles. The lowest BCUT2D eigenvalue weighted by molar-refractivity contribution is 0.660. The van der Waals surface area contributed by atoms with Gasteiger partial charge in [-0.1, -0.05) is 317 Å². The van der Waals surface area contributed by atoms with Gasteiger partial charge in [0.25, 0.3) is 0 Å². The Morgan fingerprint density at radius 2 is 0.526 bits per heavy atom. The molecule has 0 saturated carbocycles. The van der Waals surface area contributed by atoms with E-state index in [1.54, 1.807) is 0 Å². The van der Waals surface area contributed by atoms with Gasteiger partial charge in [0.2, 0.25) is 0 Å². The van der Waals surface area contributed by atoms with Gasteiger partial charge in [-0.25, -0.2) is 15.0 Å². The number of rotatable bonds is 11. The Morgan fingerprint density at radius 3 is 0.983 bits per heavy atom. The molecular formula is C110H72N6. The van der Waals surface area contributed by atoms with Crippen molar-refractivity contribution < 1.29 is 0 Å². The van der Waals surface area contributed by atoms with Crippen LogP contribution in [0.5, 0.6) is 0 Å². The van der Waals surface area contributed by atoms with E-state index in [-0.39, 0.29) is 5.41 Å². The van der Waals surface area contributed by atoms with Crippen molar-refractivity contribution >= 4 is 82.2 Å². The Bertz CT molecular complexity index is 7480. The zero-order valence-electron chi connectivity index (χ0n) is 63.8. The van der Waals surface area contributed by atoms with Crippen molar-refractivity contribution in [1.82, 2.24) is 24.1 Å². The summed E-state index contributed by atoms with van der Waals surface area (Å²) in [4.78, 5) is 17.2. The molecule has 0 radical (unpaired) electrons. The third-order valence-corrected chi connectivity index (χ3v) is 24.6. The van der Waals surface area contributed by atoms with E-state index in [2.05, 4.69) is 368 Å². The van der Waals surface area contributed by atoms with Crippen LogP contribution in [-0.4, -0.2) is 24.1 Å². The summed E-state index contributed by atoms with van der Waals surface area (Å²) in [5.74, 6) is 1.95. The van der Waals surface area contributed by atoms with Gasteiger partial charge >= 0.3 is 0 Å². The number of nitrogens with zero attached hydrogens (tertiary/aromatic N) is 6. The number of hydrogen-bond acceptors (Lipinski definition) is 4. The van der Waals surface area contributed by atoms with Crippen LogP contribution in [0.15, 0.2) is 400 Å². The summed E-state index contributed by atoms with van der Waals surface area (Å²) in [7, 11) is 0. The number of fused-ring (bicyclic) bond motifs is 9. The van der Waals surface area contributed by atoms with E-state index < -0.39 is 0 Å². The summed E-state index contributed by atoms with van der Waals surface area (Å²) < 4.78 is 4.89. The van der Waals surface area contributed by atoms with Crippen molar-refractivity contribution in [3.8, 4) is 135 Å². The molecule has 116 heavy (non-hydrogen) atoms. The molecule has 21 aromatic rings. The van der Waals surface area contributed by atoms with Crippen LogP contribution in [0.25, 0.3) is 200 Å². The second-order valence-corrected chi connectivity index (χ2v) is 31.2. The average molecular weight is 1480 g/mol. The first-order chi connectivity index (χ1) is 57.3.